The van der Waals surface area contributed by atoms with E-state index >= 15 is 0 Å². The van der Waals surface area contributed by atoms with E-state index in [1.54, 1.807) is 0 Å². The predicted molar refractivity (Wildman–Crippen MR) is 71.8 cm³/mol. The number of nitrogens with zero attached hydrogens (tertiary/aromatic N) is 1. The molecule has 17 heavy (non-hydrogen) atoms. The highest BCUT2D eigenvalue weighted by molar-refractivity contribution is 5.06. The molecular weight excluding hydrogens is 208 g/mol. The van der Waals surface area contributed by atoms with Gasteiger partial charge < -0.3 is 5.73 Å². The number of hydrogen-bond acceptors (Lipinski definition) is 2. The summed E-state index contributed by atoms with van der Waals surface area (Å²) in [5.41, 5.74) is 5.95. The lowest BCUT2D eigenvalue weighted by Gasteiger charge is -2.31. The average Bonchev–Trinajstić information content (AvgIpc) is 3.00. The van der Waals surface area contributed by atoms with Crippen LogP contribution >= 0.6 is 0 Å². The Hall–Kier alpha value is -0.340. The Balaban J connectivity index is 1.56. The maximum atomic E-state index is 5.95. The second-order valence-electron chi connectivity index (χ2n) is 6.29. The van der Waals surface area contributed by atoms with Gasteiger partial charge in [-0.15, -0.1) is 0 Å². The minimum Gasteiger partial charge on any atom is -0.324 e. The zero-order valence-electron chi connectivity index (χ0n) is 10.9. The molecule has 96 valence electrons. The predicted octanol–water partition coefficient (Wildman–Crippen LogP) is 2.54. The van der Waals surface area contributed by atoms with Crippen LogP contribution in [0.1, 0.15) is 44.9 Å². The monoisotopic (exact) mass is 234 g/mol. The first-order chi connectivity index (χ1) is 8.33. The molecule has 2 heteroatoms. The van der Waals surface area contributed by atoms with Crippen LogP contribution < -0.4 is 5.73 Å². The van der Waals surface area contributed by atoms with Gasteiger partial charge in [0.1, 0.15) is 0 Å². The summed E-state index contributed by atoms with van der Waals surface area (Å²) in [6, 6.07) is 1.23. The van der Waals surface area contributed by atoms with Crippen LogP contribution in [0.15, 0.2) is 12.2 Å². The first-order valence-electron chi connectivity index (χ1n) is 7.51. The van der Waals surface area contributed by atoms with Crippen LogP contribution in [0.4, 0.5) is 0 Å². The molecule has 2 N–H and O–H groups in total. The molecular formula is C15H26N2. The minimum atomic E-state index is 0.326. The molecule has 0 aromatic heterocycles. The molecule has 1 saturated carbocycles. The van der Waals surface area contributed by atoms with Crippen LogP contribution in [0.25, 0.3) is 0 Å². The van der Waals surface area contributed by atoms with Crippen molar-refractivity contribution in [1.29, 1.82) is 0 Å². The van der Waals surface area contributed by atoms with E-state index in [0.717, 1.165) is 17.9 Å². The molecule has 2 nitrogen and oxygen atoms in total. The quantitative estimate of drug-likeness (QED) is 0.760. The Morgan fingerprint density at radius 3 is 2.59 bits per heavy atom. The molecule has 1 saturated heterocycles. The second kappa shape index (κ2) is 5.11. The summed E-state index contributed by atoms with van der Waals surface area (Å²) in [6.45, 7) is 2.60. The van der Waals surface area contributed by atoms with Gasteiger partial charge in [-0.05, 0) is 50.5 Å². The third-order valence-electron chi connectivity index (χ3n) is 5.03. The molecule has 0 aromatic carbocycles. The Kier molecular flexibility index (Phi) is 3.53. The van der Waals surface area contributed by atoms with Gasteiger partial charge in [0.15, 0.2) is 0 Å². The summed E-state index contributed by atoms with van der Waals surface area (Å²) in [7, 11) is 0. The van der Waals surface area contributed by atoms with Crippen LogP contribution in [0.2, 0.25) is 0 Å². The number of nitrogens with two attached hydrogens (primary N) is 1. The largest absolute Gasteiger partial charge is 0.324 e. The molecule has 1 aliphatic heterocycles. The summed E-state index contributed by atoms with van der Waals surface area (Å²) in [5, 5.41) is 0. The lowest BCUT2D eigenvalue weighted by Crippen LogP contribution is -2.37. The van der Waals surface area contributed by atoms with Crippen molar-refractivity contribution in [2.24, 2.45) is 17.6 Å². The first kappa shape index (κ1) is 11.7. The van der Waals surface area contributed by atoms with Gasteiger partial charge in [0, 0.05) is 18.6 Å². The molecule has 3 rings (SSSR count). The van der Waals surface area contributed by atoms with E-state index < -0.39 is 0 Å². The second-order valence-corrected chi connectivity index (χ2v) is 6.29. The number of hydrogen-bond donors (Lipinski definition) is 1. The average molecular weight is 234 g/mol. The third kappa shape index (κ3) is 2.58. The van der Waals surface area contributed by atoms with Crippen LogP contribution in [-0.2, 0) is 0 Å². The van der Waals surface area contributed by atoms with E-state index in [4.69, 9.17) is 5.73 Å². The Morgan fingerprint density at radius 2 is 1.88 bits per heavy atom. The summed E-state index contributed by atoms with van der Waals surface area (Å²) in [4.78, 5) is 2.78. The molecule has 3 aliphatic rings. The summed E-state index contributed by atoms with van der Waals surface area (Å²) < 4.78 is 0. The molecule has 0 aromatic rings. The molecule has 2 aliphatic carbocycles. The molecule has 0 bridgehead atoms. The molecule has 0 radical (unpaired) electrons. The normalized spacial score (nSPS) is 39.5. The van der Waals surface area contributed by atoms with Gasteiger partial charge in [0.25, 0.3) is 0 Å². The smallest absolute Gasteiger partial charge is 0.0229 e. The summed E-state index contributed by atoms with van der Waals surface area (Å²) >= 11 is 0. The van der Waals surface area contributed by atoms with Crippen LogP contribution in [0, 0.1) is 11.8 Å². The van der Waals surface area contributed by atoms with Crippen LogP contribution in [-0.4, -0.2) is 30.1 Å². The zero-order chi connectivity index (χ0) is 11.7. The van der Waals surface area contributed by atoms with E-state index in [9.17, 15) is 0 Å². The van der Waals surface area contributed by atoms with E-state index in [-0.39, 0.29) is 0 Å². The summed E-state index contributed by atoms with van der Waals surface area (Å²) in [6.07, 6.45) is 14.5. The van der Waals surface area contributed by atoms with Crippen molar-refractivity contribution in [3.63, 3.8) is 0 Å². The van der Waals surface area contributed by atoms with Gasteiger partial charge in [-0.1, -0.05) is 25.0 Å². The highest BCUT2D eigenvalue weighted by Gasteiger charge is 2.34. The number of rotatable bonds is 3. The van der Waals surface area contributed by atoms with Crippen molar-refractivity contribution in [1.82, 2.24) is 4.90 Å². The van der Waals surface area contributed by atoms with Crippen molar-refractivity contribution in [2.45, 2.75) is 57.0 Å². The summed E-state index contributed by atoms with van der Waals surface area (Å²) in [5.74, 6) is 1.74. The van der Waals surface area contributed by atoms with Gasteiger partial charge in [-0.25, -0.2) is 0 Å². The van der Waals surface area contributed by atoms with Gasteiger partial charge in [0.05, 0.1) is 0 Å². The van der Waals surface area contributed by atoms with E-state index in [1.807, 2.05) is 0 Å². The molecule has 1 heterocycles. The first-order valence-corrected chi connectivity index (χ1v) is 7.51. The Morgan fingerprint density at radius 1 is 1.06 bits per heavy atom. The highest BCUT2D eigenvalue weighted by atomic mass is 15.2. The Bertz CT molecular complexity index is 281. The molecule has 0 amide bonds. The Labute approximate surface area is 105 Å². The lowest BCUT2D eigenvalue weighted by atomic mass is 9.95. The third-order valence-corrected chi connectivity index (χ3v) is 5.03. The molecule has 3 atom stereocenters. The van der Waals surface area contributed by atoms with Gasteiger partial charge >= 0.3 is 0 Å². The molecule has 3 unspecified atom stereocenters. The lowest BCUT2D eigenvalue weighted by molar-refractivity contribution is 0.173. The topological polar surface area (TPSA) is 29.3 Å². The van der Waals surface area contributed by atoms with Gasteiger partial charge in [-0.3, -0.25) is 4.90 Å². The van der Waals surface area contributed by atoms with Crippen molar-refractivity contribution in [3.8, 4) is 0 Å². The number of likely N-dealkylation sites (tertiary alicyclic amines) is 1. The fourth-order valence-corrected chi connectivity index (χ4v) is 4.20. The SMILES string of the molecule is NC1C=CC(CN2CCCC2C2CCCC2)C1. The van der Waals surface area contributed by atoms with Crippen LogP contribution in [0.3, 0.4) is 0 Å². The fourth-order valence-electron chi connectivity index (χ4n) is 4.20. The van der Waals surface area contributed by atoms with Crippen LogP contribution in [0.5, 0.6) is 0 Å². The fraction of sp³-hybridized carbons (Fsp3) is 0.867. The van der Waals surface area contributed by atoms with E-state index in [1.165, 1.54) is 58.0 Å². The van der Waals surface area contributed by atoms with Crippen molar-refractivity contribution < 1.29 is 0 Å². The van der Waals surface area contributed by atoms with Crippen molar-refractivity contribution >= 4 is 0 Å². The van der Waals surface area contributed by atoms with Gasteiger partial charge in [0.2, 0.25) is 0 Å². The standard InChI is InChI=1S/C15H26N2/c16-14-8-7-12(10-14)11-17-9-3-6-15(17)13-4-1-2-5-13/h7-8,12-15H,1-6,9-11,16H2. The maximum Gasteiger partial charge on any atom is 0.0229 e. The highest BCUT2D eigenvalue weighted by Crippen LogP contribution is 2.36. The van der Waals surface area contributed by atoms with Crippen molar-refractivity contribution in [2.75, 3.05) is 13.1 Å². The van der Waals surface area contributed by atoms with E-state index in [2.05, 4.69) is 17.1 Å². The maximum absolute atomic E-state index is 5.95. The van der Waals surface area contributed by atoms with Gasteiger partial charge in [-0.2, -0.15) is 0 Å². The van der Waals surface area contributed by atoms with E-state index in [0.29, 0.717) is 6.04 Å². The molecule has 0 spiro atoms. The van der Waals surface area contributed by atoms with Crippen molar-refractivity contribution in [3.05, 3.63) is 12.2 Å². The molecule has 2 fully saturated rings. The minimum absolute atomic E-state index is 0.326. The zero-order valence-corrected chi connectivity index (χ0v) is 10.9.